The van der Waals surface area contributed by atoms with Crippen molar-refractivity contribution in [3.8, 4) is 0 Å². The maximum absolute atomic E-state index is 12.4. The highest BCUT2D eigenvalue weighted by Crippen LogP contribution is 2.37. The molecule has 1 saturated heterocycles. The molecule has 2 aliphatic carbocycles. The number of nitrogens with zero attached hydrogens (tertiary/aromatic N) is 1. The molecule has 1 aliphatic heterocycles. The molecular formula is C16H28N2O3. The zero-order valence-corrected chi connectivity index (χ0v) is 12.9. The first kappa shape index (κ1) is 15.3. The number of hydrogen-bond donors (Lipinski definition) is 3. The first-order chi connectivity index (χ1) is 10.0. The van der Waals surface area contributed by atoms with Crippen LogP contribution in [0.3, 0.4) is 0 Å². The number of carbonyl (C=O) groups is 1. The van der Waals surface area contributed by atoms with E-state index in [1.165, 1.54) is 12.8 Å². The van der Waals surface area contributed by atoms with Gasteiger partial charge < -0.3 is 15.5 Å². The summed E-state index contributed by atoms with van der Waals surface area (Å²) >= 11 is 0. The fraction of sp³-hybridized carbons (Fsp3) is 0.938. The molecule has 0 aromatic rings. The molecule has 0 bridgehead atoms. The van der Waals surface area contributed by atoms with Crippen LogP contribution >= 0.6 is 0 Å². The highest BCUT2D eigenvalue weighted by molar-refractivity contribution is 5.81. The molecule has 5 atom stereocenters. The molecule has 3 fully saturated rings. The van der Waals surface area contributed by atoms with Crippen LogP contribution in [0.15, 0.2) is 0 Å². The minimum Gasteiger partial charge on any atom is -0.390 e. The van der Waals surface area contributed by atoms with Crippen LogP contribution in [0, 0.1) is 11.8 Å². The van der Waals surface area contributed by atoms with Gasteiger partial charge in [-0.2, -0.15) is 0 Å². The molecule has 0 spiro atoms. The zero-order valence-electron chi connectivity index (χ0n) is 12.9. The van der Waals surface area contributed by atoms with Crippen LogP contribution in [-0.4, -0.2) is 58.4 Å². The molecule has 1 amide bonds. The number of carbonyl (C=O) groups excluding carboxylic acids is 1. The summed E-state index contributed by atoms with van der Waals surface area (Å²) in [5, 5.41) is 22.8. The third-order valence-electron chi connectivity index (χ3n) is 5.77. The van der Waals surface area contributed by atoms with Crippen molar-refractivity contribution in [3.63, 3.8) is 0 Å². The summed E-state index contributed by atoms with van der Waals surface area (Å²) in [5.74, 6) is 0.983. The molecule has 0 aromatic carbocycles. The van der Waals surface area contributed by atoms with Crippen molar-refractivity contribution >= 4 is 5.91 Å². The average Bonchev–Trinajstić information content (AvgIpc) is 3.08. The van der Waals surface area contributed by atoms with E-state index in [4.69, 9.17) is 0 Å². The second kappa shape index (κ2) is 6.23. The minimum absolute atomic E-state index is 0.106. The Labute approximate surface area is 126 Å². The van der Waals surface area contributed by atoms with E-state index in [0.717, 1.165) is 25.9 Å². The van der Waals surface area contributed by atoms with Gasteiger partial charge in [-0.25, -0.2) is 0 Å². The van der Waals surface area contributed by atoms with Gasteiger partial charge in [-0.1, -0.05) is 12.8 Å². The molecule has 1 unspecified atom stereocenters. The van der Waals surface area contributed by atoms with Crippen LogP contribution in [-0.2, 0) is 4.79 Å². The van der Waals surface area contributed by atoms with Crippen LogP contribution < -0.4 is 5.32 Å². The Morgan fingerprint density at radius 2 is 1.62 bits per heavy atom. The summed E-state index contributed by atoms with van der Waals surface area (Å²) in [6.45, 7) is 3.72. The van der Waals surface area contributed by atoms with E-state index in [1.54, 1.807) is 0 Å². The van der Waals surface area contributed by atoms with Crippen LogP contribution in [0.25, 0.3) is 0 Å². The lowest BCUT2D eigenvalue weighted by molar-refractivity contribution is -0.126. The summed E-state index contributed by atoms with van der Waals surface area (Å²) in [7, 11) is 0. The molecule has 3 N–H and O–H groups in total. The topological polar surface area (TPSA) is 72.8 Å². The average molecular weight is 296 g/mol. The van der Waals surface area contributed by atoms with Crippen molar-refractivity contribution in [1.82, 2.24) is 10.2 Å². The number of aliphatic hydroxyl groups is 2. The zero-order chi connectivity index (χ0) is 15.0. The lowest BCUT2D eigenvalue weighted by atomic mass is 9.79. The van der Waals surface area contributed by atoms with Gasteiger partial charge in [0.25, 0.3) is 0 Å². The van der Waals surface area contributed by atoms with Gasteiger partial charge in [-0.15, -0.1) is 0 Å². The van der Waals surface area contributed by atoms with E-state index in [1.807, 2.05) is 6.92 Å². The van der Waals surface area contributed by atoms with Crippen molar-refractivity contribution in [2.24, 2.45) is 11.8 Å². The molecule has 5 nitrogen and oxygen atoms in total. The number of rotatable bonds is 3. The number of nitrogens with one attached hydrogen (secondary N) is 1. The molecule has 0 aromatic heterocycles. The van der Waals surface area contributed by atoms with Crippen molar-refractivity contribution in [1.29, 1.82) is 0 Å². The van der Waals surface area contributed by atoms with Gasteiger partial charge in [0.05, 0.1) is 18.2 Å². The predicted octanol–water partition coefficient (Wildman–Crippen LogP) is 0.497. The van der Waals surface area contributed by atoms with Gasteiger partial charge >= 0.3 is 0 Å². The highest BCUT2D eigenvalue weighted by Gasteiger charge is 2.43. The van der Waals surface area contributed by atoms with E-state index in [2.05, 4.69) is 10.2 Å². The van der Waals surface area contributed by atoms with E-state index < -0.39 is 12.2 Å². The number of hydrogen-bond acceptors (Lipinski definition) is 4. The first-order valence-corrected chi connectivity index (χ1v) is 8.45. The van der Waals surface area contributed by atoms with Crippen LogP contribution in [0.2, 0.25) is 0 Å². The Bertz CT molecular complexity index is 366. The predicted molar refractivity (Wildman–Crippen MR) is 79.7 cm³/mol. The summed E-state index contributed by atoms with van der Waals surface area (Å²) in [4.78, 5) is 14.6. The lowest BCUT2D eigenvalue weighted by Crippen LogP contribution is -2.47. The van der Waals surface area contributed by atoms with E-state index in [-0.39, 0.29) is 11.9 Å². The van der Waals surface area contributed by atoms with Crippen molar-refractivity contribution in [2.45, 2.75) is 69.7 Å². The van der Waals surface area contributed by atoms with E-state index >= 15 is 0 Å². The van der Waals surface area contributed by atoms with Gasteiger partial charge in [0.15, 0.2) is 0 Å². The second-order valence-electron chi connectivity index (χ2n) is 7.25. The third-order valence-corrected chi connectivity index (χ3v) is 5.77. The molecule has 120 valence electrons. The van der Waals surface area contributed by atoms with Crippen LogP contribution in [0.5, 0.6) is 0 Å². The summed E-state index contributed by atoms with van der Waals surface area (Å²) in [6, 6.07) is 0.263. The summed E-state index contributed by atoms with van der Waals surface area (Å²) < 4.78 is 0. The highest BCUT2D eigenvalue weighted by atomic mass is 16.3. The largest absolute Gasteiger partial charge is 0.390 e. The Balaban J connectivity index is 1.53. The quantitative estimate of drug-likeness (QED) is 0.709. The Kier molecular flexibility index (Phi) is 4.52. The van der Waals surface area contributed by atoms with Gasteiger partial charge in [0.1, 0.15) is 0 Å². The fourth-order valence-electron chi connectivity index (χ4n) is 4.32. The maximum atomic E-state index is 12.4. The smallest absolute Gasteiger partial charge is 0.237 e. The van der Waals surface area contributed by atoms with Crippen LogP contribution in [0.1, 0.15) is 45.4 Å². The number of fused-ring (bicyclic) bond motifs is 1. The third kappa shape index (κ3) is 3.25. The number of likely N-dealkylation sites (tertiary alicyclic amines) is 1. The standard InChI is InChI=1S/C16H28N2O3/c1-10(16(21)17-13-4-2-3-5-13)18-8-11-6-14(19)15(20)7-12(11)9-18/h10-15,19-20H,2-9H2,1H3,(H,17,21)/t10?,11-,12+,14+,15-. The van der Waals surface area contributed by atoms with E-state index in [0.29, 0.717) is 30.7 Å². The molecule has 1 heterocycles. The Morgan fingerprint density at radius 3 is 2.14 bits per heavy atom. The Hall–Kier alpha value is -0.650. The molecule has 2 saturated carbocycles. The second-order valence-corrected chi connectivity index (χ2v) is 7.25. The monoisotopic (exact) mass is 296 g/mol. The molecule has 3 aliphatic rings. The minimum atomic E-state index is -0.589. The SMILES string of the molecule is CC(C(=O)NC1CCCC1)N1C[C@H]2C[C@H](O)[C@H](O)C[C@H]2C1. The fourth-order valence-corrected chi connectivity index (χ4v) is 4.32. The lowest BCUT2D eigenvalue weighted by Gasteiger charge is -2.32. The molecule has 5 heteroatoms. The first-order valence-electron chi connectivity index (χ1n) is 8.45. The number of amides is 1. The molecule has 0 radical (unpaired) electrons. The summed E-state index contributed by atoms with van der Waals surface area (Å²) in [6.07, 6.45) is 4.83. The number of aliphatic hydroxyl groups excluding tert-OH is 2. The molecular weight excluding hydrogens is 268 g/mol. The summed E-state index contributed by atoms with van der Waals surface area (Å²) in [5.41, 5.74) is 0. The van der Waals surface area contributed by atoms with Crippen LogP contribution in [0.4, 0.5) is 0 Å². The van der Waals surface area contributed by atoms with E-state index in [9.17, 15) is 15.0 Å². The molecule has 3 rings (SSSR count). The van der Waals surface area contributed by atoms with Gasteiger partial charge in [-0.3, -0.25) is 9.69 Å². The normalized spacial score (nSPS) is 39.2. The van der Waals surface area contributed by atoms with Crippen molar-refractivity contribution in [3.05, 3.63) is 0 Å². The van der Waals surface area contributed by atoms with Gasteiger partial charge in [-0.05, 0) is 44.4 Å². The Morgan fingerprint density at radius 1 is 1.10 bits per heavy atom. The van der Waals surface area contributed by atoms with Gasteiger partial charge in [0, 0.05) is 19.1 Å². The van der Waals surface area contributed by atoms with Crippen molar-refractivity contribution in [2.75, 3.05) is 13.1 Å². The van der Waals surface area contributed by atoms with Crippen molar-refractivity contribution < 1.29 is 15.0 Å². The van der Waals surface area contributed by atoms with Gasteiger partial charge in [0.2, 0.25) is 5.91 Å². The maximum Gasteiger partial charge on any atom is 0.237 e. The molecule has 21 heavy (non-hydrogen) atoms.